The fourth-order valence-electron chi connectivity index (χ4n) is 5.35. The van der Waals surface area contributed by atoms with Gasteiger partial charge in [0.05, 0.1) is 23.4 Å². The molecule has 1 saturated heterocycles. The van der Waals surface area contributed by atoms with Crippen LogP contribution < -0.4 is 15.4 Å². The number of aromatic nitrogens is 3. The molecule has 2 aliphatic heterocycles. The second-order valence-corrected chi connectivity index (χ2v) is 11.7. The lowest BCUT2D eigenvalue weighted by Gasteiger charge is -2.32. The van der Waals surface area contributed by atoms with E-state index in [0.29, 0.717) is 46.3 Å². The van der Waals surface area contributed by atoms with Gasteiger partial charge in [-0.1, -0.05) is 23.7 Å². The molecule has 0 atom stereocenters. The molecule has 2 aromatic heterocycles. The van der Waals surface area contributed by atoms with Crippen LogP contribution in [-0.2, 0) is 4.79 Å². The van der Waals surface area contributed by atoms with E-state index in [9.17, 15) is 18.8 Å². The summed E-state index contributed by atoms with van der Waals surface area (Å²) in [7, 11) is 2.09. The maximum atomic E-state index is 14.7. The molecule has 0 unspecified atom stereocenters. The standard InChI is InChI=1S/C33H32ClFN8O4/c1-41-12-14-42(15-13-41)11-9-30(44)38-29-19-22(8-10-36-29)37-28-20-27(25-18-21(34)6-7-26(25)35)39-40-31(28)47-17-16-43-32(45)23-4-2-3-5-24(23)33(43)46/h2-8,10,18-20H,9,11-17H2,1H3,(H2,36,37,38,39,44). The van der Waals surface area contributed by atoms with E-state index in [1.807, 2.05) is 0 Å². The van der Waals surface area contributed by atoms with E-state index in [4.69, 9.17) is 16.3 Å². The smallest absolute Gasteiger partial charge is 0.261 e. The Morgan fingerprint density at radius 1 is 0.936 bits per heavy atom. The van der Waals surface area contributed by atoms with E-state index in [1.54, 1.807) is 42.5 Å². The van der Waals surface area contributed by atoms with Crippen molar-refractivity contribution in [2.45, 2.75) is 6.42 Å². The number of amides is 3. The molecule has 0 bridgehead atoms. The van der Waals surface area contributed by atoms with Crippen LogP contribution in [0.5, 0.6) is 5.88 Å². The molecule has 12 nitrogen and oxygen atoms in total. The summed E-state index contributed by atoms with van der Waals surface area (Å²) in [5.41, 5.74) is 1.85. The summed E-state index contributed by atoms with van der Waals surface area (Å²) in [4.78, 5) is 48.2. The summed E-state index contributed by atoms with van der Waals surface area (Å²) in [5.74, 6) is -1.12. The number of imide groups is 1. The third kappa shape index (κ3) is 7.54. The number of halogens is 2. The zero-order chi connectivity index (χ0) is 32.9. The van der Waals surface area contributed by atoms with Crippen LogP contribution in [0.15, 0.2) is 66.9 Å². The van der Waals surface area contributed by atoms with Gasteiger partial charge in [0.15, 0.2) is 0 Å². The summed E-state index contributed by atoms with van der Waals surface area (Å²) in [6.45, 7) is 4.34. The van der Waals surface area contributed by atoms with Crippen molar-refractivity contribution >= 4 is 46.5 Å². The number of pyridine rings is 1. The van der Waals surface area contributed by atoms with Crippen molar-refractivity contribution in [3.63, 3.8) is 0 Å². The molecular formula is C33H32ClFN8O4. The van der Waals surface area contributed by atoms with Gasteiger partial charge in [-0.15, -0.1) is 10.2 Å². The SMILES string of the molecule is CN1CCN(CCC(=O)Nc2cc(Nc3cc(-c4cc(Cl)ccc4F)nnc3OCCN3C(=O)c4ccccc4C3=O)ccn2)CC1. The Kier molecular flexibility index (Phi) is 9.66. The highest BCUT2D eigenvalue weighted by atomic mass is 35.5. The maximum Gasteiger partial charge on any atom is 0.261 e. The zero-order valence-corrected chi connectivity index (χ0v) is 26.3. The Bertz CT molecular complexity index is 1780. The fourth-order valence-corrected chi connectivity index (χ4v) is 5.52. The summed E-state index contributed by atoms with van der Waals surface area (Å²) in [6.07, 6.45) is 1.87. The molecule has 3 amide bonds. The van der Waals surface area contributed by atoms with Gasteiger partial charge in [0.1, 0.15) is 23.9 Å². The summed E-state index contributed by atoms with van der Waals surface area (Å²) in [5, 5.41) is 14.7. The predicted molar refractivity (Wildman–Crippen MR) is 174 cm³/mol. The van der Waals surface area contributed by atoms with Crippen LogP contribution in [-0.4, -0.2) is 101 Å². The number of fused-ring (bicyclic) bond motifs is 1. The number of benzene rings is 2. The Hall–Kier alpha value is -4.98. The number of anilines is 3. The van der Waals surface area contributed by atoms with E-state index < -0.39 is 17.6 Å². The topological polar surface area (TPSA) is 133 Å². The molecular weight excluding hydrogens is 627 g/mol. The normalized spacial score (nSPS) is 15.1. The van der Waals surface area contributed by atoms with Gasteiger partial charge in [0, 0.05) is 67.7 Å². The first kappa shape index (κ1) is 32.0. The minimum absolute atomic E-state index is 0.0301. The molecule has 242 valence electrons. The van der Waals surface area contributed by atoms with E-state index in [-0.39, 0.29) is 36.2 Å². The van der Waals surface area contributed by atoms with Crippen molar-refractivity contribution in [3.8, 4) is 17.1 Å². The Morgan fingerprint density at radius 3 is 2.43 bits per heavy atom. The quantitative estimate of drug-likeness (QED) is 0.225. The molecule has 0 spiro atoms. The monoisotopic (exact) mass is 658 g/mol. The average molecular weight is 659 g/mol. The molecule has 0 radical (unpaired) electrons. The molecule has 4 aromatic rings. The van der Waals surface area contributed by atoms with E-state index in [0.717, 1.165) is 31.1 Å². The maximum absolute atomic E-state index is 14.7. The summed E-state index contributed by atoms with van der Waals surface area (Å²) < 4.78 is 20.7. The molecule has 4 heterocycles. The lowest BCUT2D eigenvalue weighted by Crippen LogP contribution is -2.45. The summed E-state index contributed by atoms with van der Waals surface area (Å²) in [6, 6.07) is 15.6. The number of rotatable bonds is 11. The van der Waals surface area contributed by atoms with Crippen molar-refractivity contribution in [2.75, 3.05) is 63.6 Å². The molecule has 1 fully saturated rings. The van der Waals surface area contributed by atoms with Crippen LogP contribution in [0.25, 0.3) is 11.3 Å². The first-order valence-electron chi connectivity index (χ1n) is 15.1. The molecule has 0 aliphatic carbocycles. The van der Waals surface area contributed by atoms with E-state index in [1.165, 1.54) is 24.4 Å². The number of carbonyl (C=O) groups is 3. The van der Waals surface area contributed by atoms with Crippen LogP contribution >= 0.6 is 11.6 Å². The van der Waals surface area contributed by atoms with Crippen LogP contribution in [0.2, 0.25) is 5.02 Å². The van der Waals surface area contributed by atoms with Gasteiger partial charge in [-0.2, -0.15) is 0 Å². The van der Waals surface area contributed by atoms with Gasteiger partial charge in [0.25, 0.3) is 17.7 Å². The van der Waals surface area contributed by atoms with Crippen LogP contribution in [0.4, 0.5) is 21.6 Å². The van der Waals surface area contributed by atoms with Gasteiger partial charge in [0.2, 0.25) is 5.91 Å². The lowest BCUT2D eigenvalue weighted by molar-refractivity contribution is -0.116. The number of likely N-dealkylation sites (N-methyl/N-ethyl adjacent to an activating group) is 1. The van der Waals surface area contributed by atoms with Crippen molar-refractivity contribution in [3.05, 3.63) is 88.8 Å². The molecule has 0 saturated carbocycles. The Labute approximate surface area is 275 Å². The number of nitrogens with zero attached hydrogens (tertiary/aromatic N) is 6. The Balaban J connectivity index is 1.17. The van der Waals surface area contributed by atoms with Gasteiger partial charge in [-0.25, -0.2) is 9.37 Å². The third-order valence-electron chi connectivity index (χ3n) is 7.95. The van der Waals surface area contributed by atoms with Crippen LogP contribution in [0, 0.1) is 5.82 Å². The zero-order valence-electron chi connectivity index (χ0n) is 25.6. The van der Waals surface area contributed by atoms with Gasteiger partial charge in [-0.05, 0) is 49.5 Å². The second kappa shape index (κ2) is 14.2. The first-order valence-corrected chi connectivity index (χ1v) is 15.5. The highest BCUT2D eigenvalue weighted by Crippen LogP contribution is 2.32. The first-order chi connectivity index (χ1) is 22.7. The molecule has 47 heavy (non-hydrogen) atoms. The van der Waals surface area contributed by atoms with Crippen LogP contribution in [0.1, 0.15) is 27.1 Å². The van der Waals surface area contributed by atoms with Crippen molar-refractivity contribution < 1.29 is 23.5 Å². The lowest BCUT2D eigenvalue weighted by atomic mass is 10.1. The molecule has 2 aromatic carbocycles. The van der Waals surface area contributed by atoms with Crippen molar-refractivity contribution in [1.82, 2.24) is 29.9 Å². The number of nitrogens with one attached hydrogen (secondary N) is 2. The Morgan fingerprint density at radius 2 is 1.68 bits per heavy atom. The average Bonchev–Trinajstić information content (AvgIpc) is 3.31. The minimum Gasteiger partial charge on any atom is -0.473 e. The van der Waals surface area contributed by atoms with Gasteiger partial charge >= 0.3 is 0 Å². The van der Waals surface area contributed by atoms with Crippen molar-refractivity contribution in [1.29, 1.82) is 0 Å². The number of ether oxygens (including phenoxy) is 1. The number of piperazine rings is 1. The highest BCUT2D eigenvalue weighted by Gasteiger charge is 2.34. The number of hydrogen-bond donors (Lipinski definition) is 2. The van der Waals surface area contributed by atoms with E-state index in [2.05, 4.69) is 42.7 Å². The second-order valence-electron chi connectivity index (χ2n) is 11.2. The molecule has 14 heteroatoms. The van der Waals surface area contributed by atoms with E-state index >= 15 is 0 Å². The molecule has 2 N–H and O–H groups in total. The number of carbonyl (C=O) groups excluding carboxylic acids is 3. The van der Waals surface area contributed by atoms with Gasteiger partial charge in [-0.3, -0.25) is 19.3 Å². The summed E-state index contributed by atoms with van der Waals surface area (Å²) >= 11 is 6.13. The molecule has 6 rings (SSSR count). The molecule has 2 aliphatic rings. The third-order valence-corrected chi connectivity index (χ3v) is 8.19. The predicted octanol–water partition coefficient (Wildman–Crippen LogP) is 4.33. The fraction of sp³-hybridized carbons (Fsp3) is 0.273. The number of hydrogen-bond acceptors (Lipinski definition) is 10. The highest BCUT2D eigenvalue weighted by molar-refractivity contribution is 6.30. The largest absolute Gasteiger partial charge is 0.473 e. The van der Waals surface area contributed by atoms with Crippen molar-refractivity contribution in [2.24, 2.45) is 0 Å². The minimum atomic E-state index is -0.542. The van der Waals surface area contributed by atoms with Gasteiger partial charge < -0.3 is 25.2 Å². The van der Waals surface area contributed by atoms with Crippen LogP contribution in [0.3, 0.4) is 0 Å².